The summed E-state index contributed by atoms with van der Waals surface area (Å²) in [7, 11) is 2.07. The molecule has 1 N–H and O–H groups in total. The number of para-hydroxylation sites is 1. The minimum Gasteiger partial charge on any atom is -0.384 e. The molecule has 2 rings (SSSR count). The summed E-state index contributed by atoms with van der Waals surface area (Å²) in [6.45, 7) is 5.25. The fraction of sp³-hybridized carbons (Fsp3) is 0.312. The fourth-order valence-electron chi connectivity index (χ4n) is 2.06. The summed E-state index contributed by atoms with van der Waals surface area (Å²) in [5, 5.41) is 3.37. The summed E-state index contributed by atoms with van der Waals surface area (Å²) in [6, 6.07) is 10.5. The van der Waals surface area contributed by atoms with E-state index in [0.717, 1.165) is 24.3 Å². The highest BCUT2D eigenvalue weighted by Crippen LogP contribution is 2.27. The van der Waals surface area contributed by atoms with Gasteiger partial charge in [-0.15, -0.1) is 0 Å². The SMILES string of the molecule is CCCNc1cncc(N(C)c2ccccc2C)c1. The molecule has 0 spiro atoms. The van der Waals surface area contributed by atoms with Crippen molar-refractivity contribution in [1.82, 2.24) is 4.98 Å². The van der Waals surface area contributed by atoms with E-state index in [0.29, 0.717) is 0 Å². The maximum absolute atomic E-state index is 4.31. The Kier molecular flexibility index (Phi) is 4.39. The van der Waals surface area contributed by atoms with Gasteiger partial charge in [-0.2, -0.15) is 0 Å². The molecule has 0 bridgehead atoms. The van der Waals surface area contributed by atoms with E-state index in [1.165, 1.54) is 11.3 Å². The summed E-state index contributed by atoms with van der Waals surface area (Å²) in [6.07, 6.45) is 4.87. The van der Waals surface area contributed by atoms with Crippen LogP contribution in [-0.4, -0.2) is 18.6 Å². The third-order valence-electron chi connectivity index (χ3n) is 3.17. The van der Waals surface area contributed by atoms with Gasteiger partial charge in [-0.25, -0.2) is 0 Å². The zero-order valence-electron chi connectivity index (χ0n) is 11.9. The fourth-order valence-corrected chi connectivity index (χ4v) is 2.06. The van der Waals surface area contributed by atoms with Gasteiger partial charge in [0.15, 0.2) is 0 Å². The number of aryl methyl sites for hydroxylation is 1. The first-order valence-electron chi connectivity index (χ1n) is 6.70. The Morgan fingerprint density at radius 2 is 2.00 bits per heavy atom. The quantitative estimate of drug-likeness (QED) is 0.876. The second-order valence-corrected chi connectivity index (χ2v) is 4.70. The Morgan fingerprint density at radius 1 is 1.21 bits per heavy atom. The minimum absolute atomic E-state index is 0.971. The molecule has 0 aliphatic carbocycles. The first-order valence-corrected chi connectivity index (χ1v) is 6.70. The first-order chi connectivity index (χ1) is 9.22. The van der Waals surface area contributed by atoms with Crippen LogP contribution in [0.1, 0.15) is 18.9 Å². The summed E-state index contributed by atoms with van der Waals surface area (Å²) in [5.41, 5.74) is 4.63. The van der Waals surface area contributed by atoms with E-state index < -0.39 is 0 Å². The molecule has 0 atom stereocenters. The van der Waals surface area contributed by atoms with Crippen molar-refractivity contribution in [2.24, 2.45) is 0 Å². The van der Waals surface area contributed by atoms with Crippen molar-refractivity contribution >= 4 is 17.1 Å². The van der Waals surface area contributed by atoms with Gasteiger partial charge in [-0.3, -0.25) is 4.98 Å². The maximum atomic E-state index is 4.31. The summed E-state index contributed by atoms with van der Waals surface area (Å²) >= 11 is 0. The molecule has 19 heavy (non-hydrogen) atoms. The van der Waals surface area contributed by atoms with Crippen LogP contribution in [0.15, 0.2) is 42.7 Å². The van der Waals surface area contributed by atoms with Crippen LogP contribution in [0, 0.1) is 6.92 Å². The van der Waals surface area contributed by atoms with E-state index in [9.17, 15) is 0 Å². The zero-order chi connectivity index (χ0) is 13.7. The van der Waals surface area contributed by atoms with Crippen molar-refractivity contribution in [3.05, 3.63) is 48.3 Å². The van der Waals surface area contributed by atoms with E-state index in [2.05, 4.69) is 66.4 Å². The van der Waals surface area contributed by atoms with Gasteiger partial charge in [-0.1, -0.05) is 25.1 Å². The summed E-state index contributed by atoms with van der Waals surface area (Å²) in [5.74, 6) is 0. The Morgan fingerprint density at radius 3 is 2.74 bits per heavy atom. The van der Waals surface area contributed by atoms with Crippen LogP contribution in [0.25, 0.3) is 0 Å². The molecule has 0 unspecified atom stereocenters. The predicted octanol–water partition coefficient (Wildman–Crippen LogP) is 3.98. The zero-order valence-corrected chi connectivity index (χ0v) is 11.9. The predicted molar refractivity (Wildman–Crippen MR) is 82.3 cm³/mol. The molecular formula is C16H21N3. The van der Waals surface area contributed by atoms with E-state index in [-0.39, 0.29) is 0 Å². The maximum Gasteiger partial charge on any atom is 0.0615 e. The Bertz CT molecular complexity index is 537. The van der Waals surface area contributed by atoms with Gasteiger partial charge < -0.3 is 10.2 Å². The van der Waals surface area contributed by atoms with Crippen LogP contribution in [0.3, 0.4) is 0 Å². The third kappa shape index (κ3) is 3.25. The van der Waals surface area contributed by atoms with Gasteiger partial charge in [0.05, 0.1) is 23.8 Å². The Balaban J connectivity index is 2.24. The summed E-state index contributed by atoms with van der Waals surface area (Å²) in [4.78, 5) is 6.48. The minimum atomic E-state index is 0.971. The lowest BCUT2D eigenvalue weighted by Crippen LogP contribution is -2.11. The highest BCUT2D eigenvalue weighted by atomic mass is 15.1. The van der Waals surface area contributed by atoms with Crippen LogP contribution in [-0.2, 0) is 0 Å². The molecule has 1 aromatic heterocycles. The van der Waals surface area contributed by atoms with Gasteiger partial charge >= 0.3 is 0 Å². The average Bonchev–Trinajstić information content (AvgIpc) is 2.45. The van der Waals surface area contributed by atoms with Crippen molar-refractivity contribution in [1.29, 1.82) is 0 Å². The highest BCUT2D eigenvalue weighted by Gasteiger charge is 2.07. The van der Waals surface area contributed by atoms with Gasteiger partial charge in [0, 0.05) is 19.3 Å². The number of hydrogen-bond donors (Lipinski definition) is 1. The van der Waals surface area contributed by atoms with Gasteiger partial charge in [0.25, 0.3) is 0 Å². The molecule has 0 fully saturated rings. The topological polar surface area (TPSA) is 28.2 Å². The molecule has 3 nitrogen and oxygen atoms in total. The molecule has 2 aromatic rings. The van der Waals surface area contributed by atoms with Crippen molar-refractivity contribution in [3.63, 3.8) is 0 Å². The average molecular weight is 255 g/mol. The van der Waals surface area contributed by atoms with Crippen molar-refractivity contribution in [3.8, 4) is 0 Å². The van der Waals surface area contributed by atoms with E-state index in [1.807, 2.05) is 12.4 Å². The Hall–Kier alpha value is -2.03. The number of nitrogens with one attached hydrogen (secondary N) is 1. The molecule has 0 amide bonds. The van der Waals surface area contributed by atoms with Crippen LogP contribution in [0.2, 0.25) is 0 Å². The lowest BCUT2D eigenvalue weighted by atomic mass is 10.2. The molecule has 0 aliphatic heterocycles. The largest absolute Gasteiger partial charge is 0.384 e. The number of anilines is 3. The number of aromatic nitrogens is 1. The number of hydrogen-bond acceptors (Lipinski definition) is 3. The van der Waals surface area contributed by atoms with Crippen LogP contribution >= 0.6 is 0 Å². The number of rotatable bonds is 5. The van der Waals surface area contributed by atoms with E-state index in [4.69, 9.17) is 0 Å². The molecular weight excluding hydrogens is 234 g/mol. The number of benzene rings is 1. The summed E-state index contributed by atoms with van der Waals surface area (Å²) < 4.78 is 0. The van der Waals surface area contributed by atoms with Crippen LogP contribution in [0.5, 0.6) is 0 Å². The molecule has 0 radical (unpaired) electrons. The number of nitrogens with zero attached hydrogens (tertiary/aromatic N) is 2. The van der Waals surface area contributed by atoms with Gasteiger partial charge in [0.2, 0.25) is 0 Å². The van der Waals surface area contributed by atoms with Gasteiger partial charge in [0.1, 0.15) is 0 Å². The van der Waals surface area contributed by atoms with Crippen molar-refractivity contribution < 1.29 is 0 Å². The molecule has 1 heterocycles. The molecule has 100 valence electrons. The normalized spacial score (nSPS) is 10.3. The van der Waals surface area contributed by atoms with E-state index >= 15 is 0 Å². The third-order valence-corrected chi connectivity index (χ3v) is 3.17. The van der Waals surface area contributed by atoms with Gasteiger partial charge in [-0.05, 0) is 31.0 Å². The second kappa shape index (κ2) is 6.23. The smallest absolute Gasteiger partial charge is 0.0615 e. The van der Waals surface area contributed by atoms with Crippen molar-refractivity contribution in [2.75, 3.05) is 23.8 Å². The second-order valence-electron chi connectivity index (χ2n) is 4.70. The standard InChI is InChI=1S/C16H21N3/c1-4-9-18-14-10-15(12-17-11-14)19(3)16-8-6-5-7-13(16)2/h5-8,10-12,18H,4,9H2,1-3H3. The highest BCUT2D eigenvalue weighted by molar-refractivity contribution is 5.67. The van der Waals surface area contributed by atoms with E-state index in [1.54, 1.807) is 0 Å². The van der Waals surface area contributed by atoms with Crippen LogP contribution in [0.4, 0.5) is 17.1 Å². The Labute approximate surface area is 115 Å². The lowest BCUT2D eigenvalue weighted by molar-refractivity contribution is 0.977. The monoisotopic (exact) mass is 255 g/mol. The van der Waals surface area contributed by atoms with Crippen LogP contribution < -0.4 is 10.2 Å². The lowest BCUT2D eigenvalue weighted by Gasteiger charge is -2.21. The number of pyridine rings is 1. The molecule has 0 saturated carbocycles. The molecule has 1 aromatic carbocycles. The first kappa shape index (κ1) is 13.4. The molecule has 3 heteroatoms. The molecule has 0 saturated heterocycles. The van der Waals surface area contributed by atoms with Crippen molar-refractivity contribution in [2.45, 2.75) is 20.3 Å². The molecule has 0 aliphatic rings.